The standard InChI is InChI=1S/C12H14BrNOS/c13-12-4-3-11(16-12)7-14-8-1-2-9(14)6-10(15)5-8/h3-4,8-9H,1-2,5-7H2. The monoisotopic (exact) mass is 299 g/mol. The number of rotatable bonds is 2. The molecule has 0 amide bonds. The van der Waals surface area contributed by atoms with Crippen LogP contribution in [0.5, 0.6) is 0 Å². The molecule has 2 aliphatic rings. The highest BCUT2D eigenvalue weighted by molar-refractivity contribution is 9.11. The average molecular weight is 300 g/mol. The Bertz CT molecular complexity index is 401. The zero-order valence-corrected chi connectivity index (χ0v) is 11.4. The van der Waals surface area contributed by atoms with Gasteiger partial charge in [0.1, 0.15) is 5.78 Å². The van der Waals surface area contributed by atoms with Crippen molar-refractivity contribution in [2.45, 2.75) is 44.3 Å². The Morgan fingerprint density at radius 1 is 1.31 bits per heavy atom. The molecule has 1 aromatic heterocycles. The van der Waals surface area contributed by atoms with Crippen LogP contribution in [0.15, 0.2) is 15.9 Å². The number of nitrogens with zero attached hydrogens (tertiary/aromatic N) is 1. The van der Waals surface area contributed by atoms with Crippen LogP contribution in [-0.4, -0.2) is 22.8 Å². The van der Waals surface area contributed by atoms with E-state index in [1.807, 2.05) is 0 Å². The summed E-state index contributed by atoms with van der Waals surface area (Å²) in [5.74, 6) is 0.469. The predicted molar refractivity (Wildman–Crippen MR) is 68.6 cm³/mol. The second-order valence-electron chi connectivity index (χ2n) is 4.71. The zero-order valence-electron chi connectivity index (χ0n) is 8.99. The van der Waals surface area contributed by atoms with E-state index in [9.17, 15) is 4.79 Å². The highest BCUT2D eigenvalue weighted by atomic mass is 79.9. The van der Waals surface area contributed by atoms with E-state index in [1.54, 1.807) is 11.3 Å². The molecule has 2 bridgehead atoms. The third kappa shape index (κ3) is 1.98. The number of halogens is 1. The first-order valence-electron chi connectivity index (χ1n) is 5.74. The number of carbonyl (C=O) groups excluding carboxylic acids is 1. The molecule has 86 valence electrons. The fourth-order valence-electron chi connectivity index (χ4n) is 2.94. The summed E-state index contributed by atoms with van der Waals surface area (Å²) in [5, 5.41) is 0. The van der Waals surface area contributed by atoms with Gasteiger partial charge in [-0.05, 0) is 40.9 Å². The van der Waals surface area contributed by atoms with Crippen molar-refractivity contribution in [3.05, 3.63) is 20.8 Å². The molecule has 2 fully saturated rings. The van der Waals surface area contributed by atoms with Crippen LogP contribution in [0.25, 0.3) is 0 Å². The Kier molecular flexibility index (Phi) is 2.90. The van der Waals surface area contributed by atoms with Crippen LogP contribution < -0.4 is 0 Å². The summed E-state index contributed by atoms with van der Waals surface area (Å²) in [6.07, 6.45) is 3.98. The summed E-state index contributed by atoms with van der Waals surface area (Å²) in [7, 11) is 0. The molecule has 1 aromatic rings. The molecule has 0 aromatic carbocycles. The Balaban J connectivity index is 1.74. The number of fused-ring (bicyclic) bond motifs is 2. The number of Topliss-reactive ketones (excluding diaryl/α,β-unsaturated/α-hetero) is 1. The first-order chi connectivity index (χ1) is 7.72. The summed E-state index contributed by atoms with van der Waals surface area (Å²) in [6, 6.07) is 5.33. The van der Waals surface area contributed by atoms with Crippen LogP contribution >= 0.6 is 27.3 Å². The van der Waals surface area contributed by atoms with Gasteiger partial charge in [-0.25, -0.2) is 0 Å². The van der Waals surface area contributed by atoms with Gasteiger partial charge >= 0.3 is 0 Å². The van der Waals surface area contributed by atoms with Gasteiger partial charge in [0.05, 0.1) is 3.79 Å². The second kappa shape index (κ2) is 4.24. The minimum Gasteiger partial charge on any atom is -0.300 e. The molecule has 2 unspecified atom stereocenters. The maximum Gasteiger partial charge on any atom is 0.136 e. The zero-order chi connectivity index (χ0) is 11.1. The fourth-order valence-corrected chi connectivity index (χ4v) is 4.43. The van der Waals surface area contributed by atoms with Crippen LogP contribution in [0.1, 0.15) is 30.6 Å². The van der Waals surface area contributed by atoms with Crippen molar-refractivity contribution < 1.29 is 4.79 Å². The lowest BCUT2D eigenvalue weighted by Gasteiger charge is -2.33. The third-order valence-electron chi connectivity index (χ3n) is 3.67. The van der Waals surface area contributed by atoms with E-state index < -0.39 is 0 Å². The normalized spacial score (nSPS) is 29.9. The molecule has 2 atom stereocenters. The first kappa shape index (κ1) is 10.9. The van der Waals surface area contributed by atoms with Gasteiger partial charge in [0, 0.05) is 36.3 Å². The van der Waals surface area contributed by atoms with Crippen molar-refractivity contribution in [1.29, 1.82) is 0 Å². The van der Waals surface area contributed by atoms with Gasteiger partial charge in [0.15, 0.2) is 0 Å². The molecule has 16 heavy (non-hydrogen) atoms. The van der Waals surface area contributed by atoms with Crippen molar-refractivity contribution in [2.24, 2.45) is 0 Å². The molecule has 2 saturated heterocycles. The van der Waals surface area contributed by atoms with Crippen LogP contribution in [-0.2, 0) is 11.3 Å². The number of piperidine rings is 1. The van der Waals surface area contributed by atoms with E-state index in [-0.39, 0.29) is 0 Å². The quantitative estimate of drug-likeness (QED) is 0.836. The van der Waals surface area contributed by atoms with Crippen molar-refractivity contribution in [3.8, 4) is 0 Å². The van der Waals surface area contributed by atoms with Crippen LogP contribution in [0.3, 0.4) is 0 Å². The number of carbonyl (C=O) groups is 1. The number of ketones is 1. The number of hydrogen-bond donors (Lipinski definition) is 0. The third-order valence-corrected chi connectivity index (χ3v) is 5.27. The van der Waals surface area contributed by atoms with Crippen molar-refractivity contribution in [2.75, 3.05) is 0 Å². The number of hydrogen-bond acceptors (Lipinski definition) is 3. The molecule has 2 nitrogen and oxygen atoms in total. The molecule has 0 N–H and O–H groups in total. The van der Waals surface area contributed by atoms with Gasteiger partial charge in [0.2, 0.25) is 0 Å². The Labute approximate surface area is 108 Å². The summed E-state index contributed by atoms with van der Waals surface area (Å²) < 4.78 is 1.20. The molecular weight excluding hydrogens is 286 g/mol. The van der Waals surface area contributed by atoms with E-state index in [2.05, 4.69) is 33.0 Å². The molecule has 0 saturated carbocycles. The molecule has 0 aliphatic carbocycles. The Morgan fingerprint density at radius 3 is 2.56 bits per heavy atom. The van der Waals surface area contributed by atoms with Crippen molar-refractivity contribution >= 4 is 33.0 Å². The minimum absolute atomic E-state index is 0.469. The molecule has 4 heteroatoms. The van der Waals surface area contributed by atoms with E-state index in [0.717, 1.165) is 19.4 Å². The Morgan fingerprint density at radius 2 is 2.00 bits per heavy atom. The Hall–Kier alpha value is -0.190. The summed E-state index contributed by atoms with van der Waals surface area (Å²) in [6.45, 7) is 1.03. The minimum atomic E-state index is 0.469. The van der Waals surface area contributed by atoms with Crippen molar-refractivity contribution in [3.63, 3.8) is 0 Å². The molecule has 3 rings (SSSR count). The lowest BCUT2D eigenvalue weighted by Crippen LogP contribution is -2.42. The highest BCUT2D eigenvalue weighted by Crippen LogP contribution is 2.36. The summed E-state index contributed by atoms with van der Waals surface area (Å²) in [4.78, 5) is 15.4. The topological polar surface area (TPSA) is 20.3 Å². The van der Waals surface area contributed by atoms with Gasteiger partial charge in [-0.1, -0.05) is 0 Å². The van der Waals surface area contributed by atoms with E-state index >= 15 is 0 Å². The molecule has 3 heterocycles. The molecule has 2 aliphatic heterocycles. The number of thiophene rings is 1. The largest absolute Gasteiger partial charge is 0.300 e. The molecule has 0 radical (unpaired) electrons. The van der Waals surface area contributed by atoms with E-state index in [1.165, 1.54) is 21.5 Å². The van der Waals surface area contributed by atoms with E-state index in [0.29, 0.717) is 17.9 Å². The molecule has 0 spiro atoms. The predicted octanol–water partition coefficient (Wildman–Crippen LogP) is 3.21. The van der Waals surface area contributed by atoms with Gasteiger partial charge in [-0.2, -0.15) is 0 Å². The SMILES string of the molecule is O=C1CC2CCC(C1)N2Cc1ccc(Br)s1. The maximum absolute atomic E-state index is 11.5. The van der Waals surface area contributed by atoms with Crippen molar-refractivity contribution in [1.82, 2.24) is 4.90 Å². The lowest BCUT2D eigenvalue weighted by atomic mass is 10.0. The van der Waals surface area contributed by atoms with Gasteiger partial charge in [0.25, 0.3) is 0 Å². The smallest absolute Gasteiger partial charge is 0.136 e. The summed E-state index contributed by atoms with van der Waals surface area (Å²) >= 11 is 5.30. The van der Waals surface area contributed by atoms with E-state index in [4.69, 9.17) is 0 Å². The lowest BCUT2D eigenvalue weighted by molar-refractivity contribution is -0.123. The van der Waals surface area contributed by atoms with Gasteiger partial charge in [-0.3, -0.25) is 9.69 Å². The van der Waals surface area contributed by atoms with Crippen LogP contribution in [0.4, 0.5) is 0 Å². The fraction of sp³-hybridized carbons (Fsp3) is 0.583. The highest BCUT2D eigenvalue weighted by Gasteiger charge is 2.39. The van der Waals surface area contributed by atoms with Gasteiger partial charge in [-0.15, -0.1) is 11.3 Å². The van der Waals surface area contributed by atoms with Crippen LogP contribution in [0.2, 0.25) is 0 Å². The second-order valence-corrected chi connectivity index (χ2v) is 7.26. The van der Waals surface area contributed by atoms with Gasteiger partial charge < -0.3 is 0 Å². The summed E-state index contributed by atoms with van der Waals surface area (Å²) in [5.41, 5.74) is 0. The maximum atomic E-state index is 11.5. The van der Waals surface area contributed by atoms with Crippen LogP contribution in [0, 0.1) is 0 Å². The molecular formula is C12H14BrNOS. The average Bonchev–Trinajstić information content (AvgIpc) is 2.72. The first-order valence-corrected chi connectivity index (χ1v) is 7.35.